The topological polar surface area (TPSA) is 107 Å². The number of amides is 1. The number of aliphatic carboxylic acids is 1. The molecule has 3 heterocycles. The van der Waals surface area contributed by atoms with Crippen molar-refractivity contribution in [2.75, 3.05) is 19.7 Å². The Kier molecular flexibility index (Phi) is 9.04. The maximum atomic E-state index is 14.6. The standard InChI is InChI=1S/C29H27ClF6N4O5/c1-2-44-20-5-3-4-17(24(20)28(31,32)33)25-18-13-16(30)6-7-19(18)40-26(37-38-27(40)29(34,35)36)21(45-25)14-22(41)39-10-8-15(9-11-39)12-23(42)43/h3-7,13,15,21,25H,2,8-12,14H2,1H3,(H,42,43)/t21-,25-/m1/s1. The zero-order valence-corrected chi connectivity index (χ0v) is 24.4. The first-order valence-corrected chi connectivity index (χ1v) is 14.4. The van der Waals surface area contributed by atoms with E-state index in [1.54, 1.807) is 0 Å². The lowest BCUT2D eigenvalue weighted by molar-refractivity contribution is -0.146. The van der Waals surface area contributed by atoms with E-state index in [9.17, 15) is 35.9 Å². The number of aromatic nitrogens is 3. The monoisotopic (exact) mass is 660 g/mol. The number of carbonyl (C=O) groups excluding carboxylic acids is 1. The minimum absolute atomic E-state index is 0.0128. The third kappa shape index (κ3) is 6.73. The second kappa shape index (κ2) is 12.5. The molecule has 16 heteroatoms. The van der Waals surface area contributed by atoms with Crippen LogP contribution in [0.15, 0.2) is 36.4 Å². The number of hydrogen-bond donors (Lipinski definition) is 1. The Balaban J connectivity index is 1.63. The quantitative estimate of drug-likeness (QED) is 0.284. The summed E-state index contributed by atoms with van der Waals surface area (Å²) in [5.74, 6) is -4.08. The summed E-state index contributed by atoms with van der Waals surface area (Å²) in [6.07, 6.45) is -13.1. The molecule has 0 aliphatic carbocycles. The molecule has 0 unspecified atom stereocenters. The number of carbonyl (C=O) groups is 2. The summed E-state index contributed by atoms with van der Waals surface area (Å²) in [5.41, 5.74) is -2.02. The third-order valence-corrected chi connectivity index (χ3v) is 7.99. The number of nitrogens with zero attached hydrogens (tertiary/aromatic N) is 4. The molecule has 2 aliphatic heterocycles. The molecule has 0 bridgehead atoms. The van der Waals surface area contributed by atoms with Crippen molar-refractivity contribution in [2.24, 2.45) is 5.92 Å². The van der Waals surface area contributed by atoms with Crippen LogP contribution in [0.1, 0.15) is 73.2 Å². The van der Waals surface area contributed by atoms with E-state index in [0.717, 1.165) is 12.1 Å². The maximum absolute atomic E-state index is 14.6. The zero-order valence-electron chi connectivity index (χ0n) is 23.7. The molecule has 1 N–H and O–H groups in total. The van der Waals surface area contributed by atoms with Crippen LogP contribution in [0.5, 0.6) is 5.75 Å². The van der Waals surface area contributed by atoms with Crippen LogP contribution in [-0.4, -0.2) is 56.3 Å². The largest absolute Gasteiger partial charge is 0.493 e. The summed E-state index contributed by atoms with van der Waals surface area (Å²) >= 11 is 6.23. The molecule has 0 radical (unpaired) electrons. The van der Waals surface area contributed by atoms with E-state index in [0.29, 0.717) is 17.4 Å². The predicted molar refractivity (Wildman–Crippen MR) is 146 cm³/mol. The highest BCUT2D eigenvalue weighted by atomic mass is 35.5. The zero-order chi connectivity index (χ0) is 32.7. The molecular formula is C29H27ClF6N4O5. The van der Waals surface area contributed by atoms with Crippen molar-refractivity contribution in [1.29, 1.82) is 0 Å². The van der Waals surface area contributed by atoms with Gasteiger partial charge in [0.25, 0.3) is 0 Å². The van der Waals surface area contributed by atoms with Crippen LogP contribution in [0.25, 0.3) is 5.69 Å². The fourth-order valence-corrected chi connectivity index (χ4v) is 5.99. The molecule has 1 fully saturated rings. The second-order valence-corrected chi connectivity index (χ2v) is 11.1. The molecule has 2 atom stereocenters. The van der Waals surface area contributed by atoms with Crippen molar-refractivity contribution < 1.29 is 50.5 Å². The summed E-state index contributed by atoms with van der Waals surface area (Å²) in [7, 11) is 0. The molecule has 0 spiro atoms. The highest BCUT2D eigenvalue weighted by Crippen LogP contribution is 2.49. The molecule has 1 amide bonds. The summed E-state index contributed by atoms with van der Waals surface area (Å²) in [5, 5.41) is 16.2. The van der Waals surface area contributed by atoms with E-state index in [4.69, 9.17) is 26.2 Å². The van der Waals surface area contributed by atoms with Crippen LogP contribution in [0.2, 0.25) is 5.02 Å². The van der Waals surface area contributed by atoms with E-state index in [1.807, 2.05) is 0 Å². The van der Waals surface area contributed by atoms with Crippen LogP contribution < -0.4 is 4.74 Å². The highest BCUT2D eigenvalue weighted by molar-refractivity contribution is 6.30. The molecule has 1 saturated heterocycles. The second-order valence-electron chi connectivity index (χ2n) is 10.7. The minimum atomic E-state index is -5.03. The number of likely N-dealkylation sites (tertiary alicyclic amines) is 1. The molecule has 1 aromatic heterocycles. The predicted octanol–water partition coefficient (Wildman–Crippen LogP) is 6.62. The van der Waals surface area contributed by atoms with Crippen molar-refractivity contribution in [3.05, 3.63) is 69.8 Å². The molecule has 2 aliphatic rings. The van der Waals surface area contributed by atoms with Gasteiger partial charge in [0.2, 0.25) is 11.7 Å². The number of carboxylic acids is 1. The maximum Gasteiger partial charge on any atom is 0.452 e. The molecule has 242 valence electrons. The van der Waals surface area contributed by atoms with E-state index < -0.39 is 71.4 Å². The van der Waals surface area contributed by atoms with Crippen LogP contribution in [-0.2, 0) is 26.7 Å². The number of rotatable bonds is 7. The van der Waals surface area contributed by atoms with Gasteiger partial charge in [0.1, 0.15) is 23.5 Å². The van der Waals surface area contributed by atoms with Crippen LogP contribution in [0, 0.1) is 5.92 Å². The van der Waals surface area contributed by atoms with E-state index in [2.05, 4.69) is 10.2 Å². The summed E-state index contributed by atoms with van der Waals surface area (Å²) in [6.45, 7) is 1.79. The average molecular weight is 661 g/mol. The molecule has 45 heavy (non-hydrogen) atoms. The van der Waals surface area contributed by atoms with E-state index >= 15 is 0 Å². The van der Waals surface area contributed by atoms with Gasteiger partial charge in [0, 0.05) is 35.7 Å². The van der Waals surface area contributed by atoms with Gasteiger partial charge >= 0.3 is 18.3 Å². The molecule has 9 nitrogen and oxygen atoms in total. The number of fused-ring (bicyclic) bond motifs is 3. The van der Waals surface area contributed by atoms with Gasteiger partial charge in [-0.2, -0.15) is 26.3 Å². The number of hydrogen-bond acceptors (Lipinski definition) is 6. The van der Waals surface area contributed by atoms with Crippen molar-refractivity contribution >= 4 is 23.5 Å². The van der Waals surface area contributed by atoms with Crippen molar-refractivity contribution in [3.8, 4) is 11.4 Å². The van der Waals surface area contributed by atoms with Gasteiger partial charge in [-0.05, 0) is 49.9 Å². The number of piperidine rings is 1. The van der Waals surface area contributed by atoms with Crippen LogP contribution in [0.4, 0.5) is 26.3 Å². The molecule has 3 aromatic rings. The first-order chi connectivity index (χ1) is 21.2. The Morgan fingerprint density at radius 1 is 1.02 bits per heavy atom. The third-order valence-electron chi connectivity index (χ3n) is 7.76. The number of carboxylic acid groups (broad SMARTS) is 1. The Bertz CT molecular complexity index is 1590. The van der Waals surface area contributed by atoms with Crippen molar-refractivity contribution in [2.45, 2.75) is 57.2 Å². The number of benzene rings is 2. The number of ether oxygens (including phenoxy) is 2. The van der Waals surface area contributed by atoms with Gasteiger partial charge in [-0.15, -0.1) is 10.2 Å². The lowest BCUT2D eigenvalue weighted by Gasteiger charge is -2.32. The van der Waals surface area contributed by atoms with Crippen LogP contribution >= 0.6 is 11.6 Å². The fourth-order valence-electron chi connectivity index (χ4n) is 5.81. The lowest BCUT2D eigenvalue weighted by Crippen LogP contribution is -2.39. The first kappa shape index (κ1) is 32.5. The van der Waals surface area contributed by atoms with Gasteiger partial charge in [0.05, 0.1) is 18.7 Å². The fraction of sp³-hybridized carbons (Fsp3) is 0.448. The van der Waals surface area contributed by atoms with Crippen LogP contribution in [0.3, 0.4) is 0 Å². The Morgan fingerprint density at radius 3 is 2.36 bits per heavy atom. The van der Waals surface area contributed by atoms with Crippen molar-refractivity contribution in [1.82, 2.24) is 19.7 Å². The molecule has 5 rings (SSSR count). The SMILES string of the molecule is CCOc1cccc([C@H]2O[C@H](CC(=O)N3CCC(CC(=O)O)CC3)c3nnc(C(F)(F)F)n3-c3ccc(Cl)cc32)c1C(F)(F)F. The number of alkyl halides is 6. The van der Waals surface area contributed by atoms with Gasteiger partial charge < -0.3 is 19.5 Å². The molecular weight excluding hydrogens is 634 g/mol. The van der Waals surface area contributed by atoms with Gasteiger partial charge in [-0.1, -0.05) is 23.7 Å². The van der Waals surface area contributed by atoms with Gasteiger partial charge in [0.15, 0.2) is 5.82 Å². The summed E-state index contributed by atoms with van der Waals surface area (Å²) in [4.78, 5) is 26.0. The normalized spacial score (nSPS) is 19.1. The molecule has 2 aromatic carbocycles. The summed E-state index contributed by atoms with van der Waals surface area (Å²) < 4.78 is 98.6. The Labute approximate surface area is 257 Å². The van der Waals surface area contributed by atoms with Crippen molar-refractivity contribution in [3.63, 3.8) is 0 Å². The minimum Gasteiger partial charge on any atom is -0.493 e. The van der Waals surface area contributed by atoms with E-state index in [1.165, 1.54) is 36.1 Å². The van der Waals surface area contributed by atoms with Gasteiger partial charge in [-0.3, -0.25) is 14.2 Å². The lowest BCUT2D eigenvalue weighted by atomic mass is 9.93. The Morgan fingerprint density at radius 2 is 1.73 bits per heavy atom. The van der Waals surface area contributed by atoms with Gasteiger partial charge in [-0.25, -0.2) is 0 Å². The number of halogens is 7. The summed E-state index contributed by atoms with van der Waals surface area (Å²) in [6, 6.07) is 7.23. The highest BCUT2D eigenvalue weighted by Gasteiger charge is 2.46. The average Bonchev–Trinajstić information content (AvgIpc) is 3.36. The van der Waals surface area contributed by atoms with E-state index in [-0.39, 0.29) is 48.3 Å². The Hall–Kier alpha value is -3.85. The smallest absolute Gasteiger partial charge is 0.452 e. The molecule has 0 saturated carbocycles. The first-order valence-electron chi connectivity index (χ1n) is 14.0.